The van der Waals surface area contributed by atoms with Crippen molar-refractivity contribution in [3.8, 4) is 16.3 Å². The molecule has 0 fully saturated rings. The highest BCUT2D eigenvalue weighted by atomic mass is 32.2. The molecule has 0 atom stereocenters. The summed E-state index contributed by atoms with van der Waals surface area (Å²) in [7, 11) is 1.68. The van der Waals surface area contributed by atoms with E-state index in [0.29, 0.717) is 0 Å². The summed E-state index contributed by atoms with van der Waals surface area (Å²) in [5.41, 5.74) is 2.74. The van der Waals surface area contributed by atoms with Crippen molar-refractivity contribution in [2.75, 3.05) is 13.4 Å². The zero-order valence-electron chi connectivity index (χ0n) is 9.93. The lowest BCUT2D eigenvalue weighted by Crippen LogP contribution is -1.86. The van der Waals surface area contributed by atoms with E-state index in [1.54, 1.807) is 42.7 Å². The monoisotopic (exact) mass is 277 g/mol. The van der Waals surface area contributed by atoms with Crippen LogP contribution < -0.4 is 4.74 Å². The van der Waals surface area contributed by atoms with E-state index in [1.165, 1.54) is 4.21 Å². The maximum absolute atomic E-state index is 5.43. The van der Waals surface area contributed by atoms with Crippen molar-refractivity contribution in [1.82, 2.24) is 15.0 Å². The summed E-state index contributed by atoms with van der Waals surface area (Å²) < 4.78 is 6.63. The molecule has 0 aliphatic heterocycles. The molecule has 0 aliphatic carbocycles. The minimum absolute atomic E-state index is 0.854. The van der Waals surface area contributed by atoms with Gasteiger partial charge in [0, 0.05) is 12.3 Å². The quantitative estimate of drug-likeness (QED) is 0.745. The molecular formula is C12H11N3OS2. The molecule has 3 aromatic heterocycles. The Kier molecular flexibility index (Phi) is 2.97. The second-order valence-corrected chi connectivity index (χ2v) is 5.78. The van der Waals surface area contributed by atoms with Gasteiger partial charge < -0.3 is 9.72 Å². The van der Waals surface area contributed by atoms with Gasteiger partial charge in [-0.3, -0.25) is 4.98 Å². The highest BCUT2D eigenvalue weighted by Gasteiger charge is 2.16. The highest BCUT2D eigenvalue weighted by Crippen LogP contribution is 2.42. The van der Waals surface area contributed by atoms with E-state index >= 15 is 0 Å². The molecule has 0 saturated heterocycles. The Morgan fingerprint density at radius 2 is 2.28 bits per heavy atom. The van der Waals surface area contributed by atoms with Gasteiger partial charge in [0.2, 0.25) is 0 Å². The van der Waals surface area contributed by atoms with Crippen LogP contribution >= 0.6 is 23.1 Å². The van der Waals surface area contributed by atoms with Crippen LogP contribution in [0.3, 0.4) is 0 Å². The van der Waals surface area contributed by atoms with Crippen LogP contribution in [0.15, 0.2) is 28.9 Å². The Morgan fingerprint density at radius 3 is 3.06 bits per heavy atom. The van der Waals surface area contributed by atoms with Crippen LogP contribution in [-0.2, 0) is 0 Å². The third-order valence-electron chi connectivity index (χ3n) is 2.65. The smallest absolute Gasteiger partial charge is 0.140 e. The SMILES string of the molecule is COc1cc(SC)sc1-c1nccc2[nH]cnc12. The summed E-state index contributed by atoms with van der Waals surface area (Å²) in [6.45, 7) is 0. The number of thiophene rings is 1. The summed E-state index contributed by atoms with van der Waals surface area (Å²) >= 11 is 3.38. The number of H-pyrrole nitrogens is 1. The van der Waals surface area contributed by atoms with Gasteiger partial charge in [-0.25, -0.2) is 4.98 Å². The standard InChI is InChI=1S/C12H11N3OS2/c1-16-8-5-9(17-2)18-12(8)11-10-7(3-4-13-11)14-6-15-10/h3-6H,1-2H3,(H,14,15). The first kappa shape index (κ1) is 11.6. The van der Waals surface area contributed by atoms with Gasteiger partial charge in [0.25, 0.3) is 0 Å². The topological polar surface area (TPSA) is 50.8 Å². The van der Waals surface area contributed by atoms with Crippen LogP contribution in [0, 0.1) is 0 Å². The van der Waals surface area contributed by atoms with E-state index in [4.69, 9.17) is 4.74 Å². The Bertz CT molecular complexity index is 690. The maximum Gasteiger partial charge on any atom is 0.140 e. The van der Waals surface area contributed by atoms with Crippen LogP contribution in [0.4, 0.5) is 0 Å². The molecule has 3 rings (SSSR count). The Balaban J connectivity index is 2.25. The summed E-state index contributed by atoms with van der Waals surface area (Å²) in [6, 6.07) is 3.96. The fourth-order valence-corrected chi connectivity index (χ4v) is 3.47. The number of hydrogen-bond acceptors (Lipinski definition) is 5. The summed E-state index contributed by atoms with van der Waals surface area (Å²) in [6.07, 6.45) is 5.52. The van der Waals surface area contributed by atoms with Gasteiger partial charge in [-0.05, 0) is 12.3 Å². The zero-order valence-corrected chi connectivity index (χ0v) is 11.6. The first-order valence-corrected chi connectivity index (χ1v) is 7.38. The molecule has 0 radical (unpaired) electrons. The molecule has 1 N–H and O–H groups in total. The van der Waals surface area contributed by atoms with Gasteiger partial charge in [-0.2, -0.15) is 0 Å². The number of hydrogen-bond donors (Lipinski definition) is 1. The van der Waals surface area contributed by atoms with Crippen molar-refractivity contribution in [2.24, 2.45) is 0 Å². The van der Waals surface area contributed by atoms with E-state index in [0.717, 1.165) is 27.4 Å². The summed E-state index contributed by atoms with van der Waals surface area (Å²) in [5, 5.41) is 0. The van der Waals surface area contributed by atoms with Crippen LogP contribution in [0.1, 0.15) is 0 Å². The van der Waals surface area contributed by atoms with Gasteiger partial charge >= 0.3 is 0 Å². The third kappa shape index (κ3) is 1.77. The van der Waals surface area contributed by atoms with Crippen LogP contribution in [0.5, 0.6) is 5.75 Å². The highest BCUT2D eigenvalue weighted by molar-refractivity contribution is 8.00. The molecule has 18 heavy (non-hydrogen) atoms. The molecule has 92 valence electrons. The summed E-state index contributed by atoms with van der Waals surface area (Å²) in [5.74, 6) is 0.854. The molecule has 0 aliphatic rings. The second kappa shape index (κ2) is 4.62. The minimum Gasteiger partial charge on any atom is -0.495 e. The molecule has 3 heterocycles. The maximum atomic E-state index is 5.43. The molecule has 0 saturated carbocycles. The van der Waals surface area contributed by atoms with Crippen molar-refractivity contribution in [1.29, 1.82) is 0 Å². The average molecular weight is 277 g/mol. The number of fused-ring (bicyclic) bond motifs is 1. The van der Waals surface area contributed by atoms with E-state index in [2.05, 4.69) is 21.2 Å². The van der Waals surface area contributed by atoms with Gasteiger partial charge in [-0.15, -0.1) is 23.1 Å². The second-order valence-electron chi connectivity index (χ2n) is 3.63. The third-order valence-corrected chi connectivity index (χ3v) is 4.84. The van der Waals surface area contributed by atoms with Crippen molar-refractivity contribution in [3.05, 3.63) is 24.7 Å². The van der Waals surface area contributed by atoms with Crippen LogP contribution in [0.25, 0.3) is 21.6 Å². The minimum atomic E-state index is 0.854. The largest absolute Gasteiger partial charge is 0.495 e. The van der Waals surface area contributed by atoms with Crippen LogP contribution in [0.2, 0.25) is 0 Å². The number of rotatable bonds is 3. The number of nitrogens with one attached hydrogen (secondary N) is 1. The fraction of sp³-hybridized carbons (Fsp3) is 0.167. The van der Waals surface area contributed by atoms with E-state index in [9.17, 15) is 0 Å². The Morgan fingerprint density at radius 1 is 1.39 bits per heavy atom. The number of aromatic amines is 1. The molecule has 0 unspecified atom stereocenters. The normalized spacial score (nSPS) is 11.0. The van der Waals surface area contributed by atoms with Crippen molar-refractivity contribution >= 4 is 34.1 Å². The molecule has 0 aromatic carbocycles. The number of pyridine rings is 1. The Labute approximate surface area is 112 Å². The first-order chi connectivity index (χ1) is 8.83. The lowest BCUT2D eigenvalue weighted by molar-refractivity contribution is 0.417. The molecule has 4 nitrogen and oxygen atoms in total. The van der Waals surface area contributed by atoms with Crippen molar-refractivity contribution in [3.63, 3.8) is 0 Å². The molecule has 6 heteroatoms. The number of thioether (sulfide) groups is 1. The van der Waals surface area contributed by atoms with Crippen LogP contribution in [-0.4, -0.2) is 28.3 Å². The number of imidazole rings is 1. The predicted molar refractivity (Wildman–Crippen MR) is 75.5 cm³/mol. The zero-order chi connectivity index (χ0) is 12.5. The average Bonchev–Trinajstić information content (AvgIpc) is 3.04. The molecular weight excluding hydrogens is 266 g/mol. The van der Waals surface area contributed by atoms with E-state index in [-0.39, 0.29) is 0 Å². The van der Waals surface area contributed by atoms with E-state index < -0.39 is 0 Å². The molecule has 3 aromatic rings. The number of nitrogens with zero attached hydrogens (tertiary/aromatic N) is 2. The predicted octanol–water partition coefficient (Wildman–Crippen LogP) is 3.42. The molecule has 0 spiro atoms. The van der Waals surface area contributed by atoms with Gasteiger partial charge in [0.15, 0.2) is 0 Å². The molecule has 0 amide bonds. The number of methoxy groups -OCH3 is 1. The number of aromatic nitrogens is 3. The summed E-state index contributed by atoms with van der Waals surface area (Å²) in [4.78, 5) is 12.9. The van der Waals surface area contributed by atoms with Crippen molar-refractivity contribution < 1.29 is 4.74 Å². The van der Waals surface area contributed by atoms with E-state index in [1.807, 2.05) is 12.1 Å². The van der Waals surface area contributed by atoms with Crippen molar-refractivity contribution in [2.45, 2.75) is 4.21 Å². The number of ether oxygens (including phenoxy) is 1. The van der Waals surface area contributed by atoms with Gasteiger partial charge in [-0.1, -0.05) is 0 Å². The fourth-order valence-electron chi connectivity index (χ4n) is 1.80. The first-order valence-electron chi connectivity index (χ1n) is 5.33. The Hall–Kier alpha value is -1.53. The lowest BCUT2D eigenvalue weighted by Gasteiger charge is -2.01. The molecule has 0 bridgehead atoms. The van der Waals surface area contributed by atoms with Gasteiger partial charge in [0.1, 0.15) is 17.0 Å². The lowest BCUT2D eigenvalue weighted by atomic mass is 10.2. The van der Waals surface area contributed by atoms with Gasteiger partial charge in [0.05, 0.1) is 28.0 Å².